The molecule has 0 bridgehead atoms. The molecular weight excluding hydrogens is 441 g/mol. The number of aromatic nitrogens is 4. The van der Waals surface area contributed by atoms with Crippen LogP contribution in [0.3, 0.4) is 0 Å². The van der Waals surface area contributed by atoms with Crippen LogP contribution in [0, 0.1) is 5.82 Å². The van der Waals surface area contributed by atoms with Crippen molar-refractivity contribution in [2.24, 2.45) is 0 Å². The van der Waals surface area contributed by atoms with Gasteiger partial charge in [-0.25, -0.2) is 19.3 Å². The lowest BCUT2D eigenvalue weighted by Crippen LogP contribution is -2.15. The fourth-order valence-electron chi connectivity index (χ4n) is 4.17. The van der Waals surface area contributed by atoms with Crippen molar-refractivity contribution in [2.75, 3.05) is 14.2 Å². The molecule has 1 atom stereocenters. The molecule has 0 aliphatic rings. The van der Waals surface area contributed by atoms with E-state index in [4.69, 9.17) is 14.8 Å². The molecule has 5 aromatic rings. The van der Waals surface area contributed by atoms with Gasteiger partial charge in [0.05, 0.1) is 24.2 Å². The second-order valence-corrected chi connectivity index (χ2v) is 8.48. The Morgan fingerprint density at radius 2 is 1.77 bits per heavy atom. The monoisotopic (exact) mass is 467 g/mol. The molecule has 0 radical (unpaired) electrons. The number of pyridine rings is 1. The van der Waals surface area contributed by atoms with Crippen LogP contribution in [0.2, 0.25) is 0 Å². The molecule has 0 aliphatic carbocycles. The van der Waals surface area contributed by atoms with E-state index in [0.717, 1.165) is 45.2 Å². The smallest absolute Gasteiger partial charge is 0.138 e. The van der Waals surface area contributed by atoms with Gasteiger partial charge in [0.2, 0.25) is 0 Å². The standard InChI is InChI=1S/C28H26FN5O/c1-19(21-7-5-4-6-8-21)28-30-15-13-24(31-28)27-26(22-9-11-23(29)12-10-22)32-25-17-20(14-16-34(25)27)18-33(2)35-3/h4-17,19H,18H2,1-3H3/t19-/m0/s1. The highest BCUT2D eigenvalue weighted by atomic mass is 19.1. The molecule has 176 valence electrons. The average Bonchev–Trinajstić information content (AvgIpc) is 3.28. The van der Waals surface area contributed by atoms with Gasteiger partial charge in [-0.15, -0.1) is 0 Å². The minimum Gasteiger partial charge on any atom is -0.302 e. The Morgan fingerprint density at radius 1 is 1.00 bits per heavy atom. The lowest BCUT2D eigenvalue weighted by atomic mass is 10.0. The Balaban J connectivity index is 1.65. The van der Waals surface area contributed by atoms with Crippen LogP contribution in [0.5, 0.6) is 0 Å². The normalized spacial score (nSPS) is 12.4. The second kappa shape index (κ2) is 9.74. The highest BCUT2D eigenvalue weighted by Crippen LogP contribution is 2.33. The fraction of sp³-hybridized carbons (Fsp3) is 0.179. The van der Waals surface area contributed by atoms with Gasteiger partial charge >= 0.3 is 0 Å². The maximum Gasteiger partial charge on any atom is 0.138 e. The van der Waals surface area contributed by atoms with Crippen LogP contribution in [0.15, 0.2) is 85.2 Å². The minimum absolute atomic E-state index is 0.0285. The molecule has 6 nitrogen and oxygen atoms in total. The number of halogens is 1. The van der Waals surface area contributed by atoms with E-state index in [-0.39, 0.29) is 11.7 Å². The third kappa shape index (κ3) is 4.69. The summed E-state index contributed by atoms with van der Waals surface area (Å²) in [5, 5.41) is 1.75. The molecule has 0 saturated carbocycles. The first-order valence-electron chi connectivity index (χ1n) is 11.4. The number of benzene rings is 2. The Labute approximate surface area is 203 Å². The van der Waals surface area contributed by atoms with Gasteiger partial charge in [0.15, 0.2) is 0 Å². The molecule has 0 saturated heterocycles. The highest BCUT2D eigenvalue weighted by Gasteiger charge is 2.20. The Kier molecular flexibility index (Phi) is 6.35. The molecular formula is C28H26FN5O. The van der Waals surface area contributed by atoms with E-state index < -0.39 is 0 Å². The quantitative estimate of drug-likeness (QED) is 0.286. The summed E-state index contributed by atoms with van der Waals surface area (Å²) in [6, 6.07) is 22.5. The third-order valence-corrected chi connectivity index (χ3v) is 6.13. The Morgan fingerprint density at radius 3 is 2.51 bits per heavy atom. The summed E-state index contributed by atoms with van der Waals surface area (Å²) in [7, 11) is 3.52. The zero-order valence-corrected chi connectivity index (χ0v) is 19.9. The molecule has 35 heavy (non-hydrogen) atoms. The van der Waals surface area contributed by atoms with E-state index in [9.17, 15) is 4.39 Å². The number of hydrogen-bond donors (Lipinski definition) is 0. The van der Waals surface area contributed by atoms with Crippen molar-refractivity contribution in [1.29, 1.82) is 0 Å². The zero-order chi connectivity index (χ0) is 24.4. The second-order valence-electron chi connectivity index (χ2n) is 8.48. The van der Waals surface area contributed by atoms with E-state index in [1.807, 2.05) is 54.0 Å². The maximum atomic E-state index is 13.7. The molecule has 0 fully saturated rings. The molecule has 2 aromatic carbocycles. The first kappa shape index (κ1) is 22.8. The average molecular weight is 468 g/mol. The number of hydrogen-bond acceptors (Lipinski definition) is 5. The van der Waals surface area contributed by atoms with E-state index in [1.165, 1.54) is 12.1 Å². The van der Waals surface area contributed by atoms with Crippen LogP contribution in [-0.2, 0) is 11.4 Å². The predicted molar refractivity (Wildman–Crippen MR) is 134 cm³/mol. The molecule has 0 aliphatic heterocycles. The van der Waals surface area contributed by atoms with E-state index in [1.54, 1.807) is 30.5 Å². The van der Waals surface area contributed by atoms with Crippen LogP contribution in [0.1, 0.15) is 29.8 Å². The fourth-order valence-corrected chi connectivity index (χ4v) is 4.17. The topological polar surface area (TPSA) is 55.6 Å². The van der Waals surface area contributed by atoms with Crippen molar-refractivity contribution >= 4 is 5.65 Å². The number of fused-ring (bicyclic) bond motifs is 1. The molecule has 0 unspecified atom stereocenters. The van der Waals surface area contributed by atoms with Crippen LogP contribution in [-0.4, -0.2) is 38.6 Å². The number of hydroxylamine groups is 2. The van der Waals surface area contributed by atoms with Crippen LogP contribution < -0.4 is 0 Å². The summed E-state index contributed by atoms with van der Waals surface area (Å²) < 4.78 is 15.7. The summed E-state index contributed by atoms with van der Waals surface area (Å²) in [6.07, 6.45) is 3.78. The van der Waals surface area contributed by atoms with Crippen molar-refractivity contribution in [3.05, 3.63) is 108 Å². The first-order chi connectivity index (χ1) is 17.0. The molecule has 3 aromatic heterocycles. The molecule has 5 rings (SSSR count). The van der Waals surface area contributed by atoms with Crippen molar-refractivity contribution in [1.82, 2.24) is 24.4 Å². The summed E-state index contributed by atoms with van der Waals surface area (Å²) in [6.45, 7) is 2.72. The first-order valence-corrected chi connectivity index (χ1v) is 11.4. The maximum absolute atomic E-state index is 13.7. The van der Waals surface area contributed by atoms with E-state index >= 15 is 0 Å². The molecule has 7 heteroatoms. The lowest BCUT2D eigenvalue weighted by molar-refractivity contribution is -0.116. The number of imidazole rings is 1. The Hall–Kier alpha value is -3.94. The molecule has 0 amide bonds. The van der Waals surface area contributed by atoms with Gasteiger partial charge in [-0.05, 0) is 53.6 Å². The number of nitrogens with zero attached hydrogens (tertiary/aromatic N) is 5. The third-order valence-electron chi connectivity index (χ3n) is 6.13. The van der Waals surface area contributed by atoms with Gasteiger partial charge < -0.3 is 4.84 Å². The van der Waals surface area contributed by atoms with Gasteiger partial charge in [-0.3, -0.25) is 4.40 Å². The molecule has 0 N–H and O–H groups in total. The minimum atomic E-state index is -0.287. The summed E-state index contributed by atoms with van der Waals surface area (Å²) in [4.78, 5) is 19.7. The van der Waals surface area contributed by atoms with E-state index in [2.05, 4.69) is 24.0 Å². The largest absolute Gasteiger partial charge is 0.302 e. The van der Waals surface area contributed by atoms with Gasteiger partial charge in [0, 0.05) is 37.5 Å². The van der Waals surface area contributed by atoms with Crippen molar-refractivity contribution in [3.8, 4) is 22.6 Å². The van der Waals surface area contributed by atoms with E-state index in [0.29, 0.717) is 6.54 Å². The summed E-state index contributed by atoms with van der Waals surface area (Å²) in [5.41, 5.74) is 6.13. The SMILES string of the molecule is CON(C)Cc1ccn2c(-c3ccnc([C@@H](C)c4ccccc4)n3)c(-c3ccc(F)cc3)nc2c1. The highest BCUT2D eigenvalue weighted by molar-refractivity contribution is 5.80. The zero-order valence-electron chi connectivity index (χ0n) is 19.9. The Bertz CT molecular complexity index is 1450. The van der Waals surface area contributed by atoms with Gasteiger partial charge in [-0.1, -0.05) is 37.3 Å². The van der Waals surface area contributed by atoms with Crippen LogP contribution >= 0.6 is 0 Å². The number of rotatable bonds is 7. The molecule has 0 spiro atoms. The van der Waals surface area contributed by atoms with Gasteiger partial charge in [0.25, 0.3) is 0 Å². The lowest BCUT2D eigenvalue weighted by Gasteiger charge is -2.14. The summed E-state index contributed by atoms with van der Waals surface area (Å²) in [5.74, 6) is 0.470. The van der Waals surface area contributed by atoms with Crippen LogP contribution in [0.25, 0.3) is 28.3 Å². The predicted octanol–water partition coefficient (Wildman–Crippen LogP) is 5.74. The van der Waals surface area contributed by atoms with Gasteiger partial charge in [-0.2, -0.15) is 5.06 Å². The van der Waals surface area contributed by atoms with Gasteiger partial charge in [0.1, 0.15) is 17.3 Å². The van der Waals surface area contributed by atoms with Crippen LogP contribution in [0.4, 0.5) is 4.39 Å². The summed E-state index contributed by atoms with van der Waals surface area (Å²) >= 11 is 0. The van der Waals surface area contributed by atoms with Crippen molar-refractivity contribution < 1.29 is 9.23 Å². The van der Waals surface area contributed by atoms with Crippen molar-refractivity contribution in [2.45, 2.75) is 19.4 Å². The molecule has 3 heterocycles. The van der Waals surface area contributed by atoms with Crippen molar-refractivity contribution in [3.63, 3.8) is 0 Å².